The Labute approximate surface area is 199 Å². The van der Waals surface area contributed by atoms with Gasteiger partial charge in [-0.25, -0.2) is 10.5 Å². The fourth-order valence-corrected chi connectivity index (χ4v) is 4.30. The van der Waals surface area contributed by atoms with E-state index in [9.17, 15) is 4.79 Å². The number of benzene rings is 1. The number of hydrogen-bond donors (Lipinski definition) is 2. The van der Waals surface area contributed by atoms with Crippen molar-refractivity contribution < 1.29 is 10.0 Å². The molecule has 0 atom stereocenters. The maximum absolute atomic E-state index is 11.5. The van der Waals surface area contributed by atoms with E-state index in [0.29, 0.717) is 12.1 Å². The van der Waals surface area contributed by atoms with E-state index >= 15 is 0 Å². The van der Waals surface area contributed by atoms with Crippen LogP contribution in [0.4, 0.5) is 5.69 Å². The van der Waals surface area contributed by atoms with Gasteiger partial charge in [0.1, 0.15) is 5.65 Å². The van der Waals surface area contributed by atoms with Crippen molar-refractivity contribution in [2.24, 2.45) is 4.99 Å². The maximum atomic E-state index is 11.5. The summed E-state index contributed by atoms with van der Waals surface area (Å²) in [6.07, 6.45) is 9.82. The monoisotopic (exact) mass is 458 g/mol. The minimum atomic E-state index is -0.517. The summed E-state index contributed by atoms with van der Waals surface area (Å²) in [6, 6.07) is 11.4. The van der Waals surface area contributed by atoms with Gasteiger partial charge in [0.05, 0.1) is 0 Å². The van der Waals surface area contributed by atoms with E-state index in [2.05, 4.69) is 62.4 Å². The van der Waals surface area contributed by atoms with Crippen LogP contribution >= 0.6 is 0 Å². The van der Waals surface area contributed by atoms with Crippen molar-refractivity contribution in [2.75, 3.05) is 37.6 Å². The molecule has 0 radical (unpaired) electrons. The molecule has 2 N–H and O–H groups in total. The number of allylic oxidation sites excluding steroid dienone is 1. The average molecular weight is 459 g/mol. The highest BCUT2D eigenvalue weighted by molar-refractivity contribution is 5.93. The second-order valence-electron chi connectivity index (χ2n) is 8.27. The molecule has 176 valence electrons. The number of carbonyl (C=O) groups is 1. The number of hydrogen-bond acceptors (Lipinski definition) is 6. The summed E-state index contributed by atoms with van der Waals surface area (Å²) in [5.74, 6) is -0.517. The van der Waals surface area contributed by atoms with E-state index < -0.39 is 5.91 Å². The molecule has 1 aliphatic heterocycles. The third-order valence-electron chi connectivity index (χ3n) is 6.19. The van der Waals surface area contributed by atoms with Crippen LogP contribution in [0.15, 0.2) is 77.7 Å². The van der Waals surface area contributed by atoms with Crippen LogP contribution < -0.4 is 10.4 Å². The Kier molecular flexibility index (Phi) is 7.51. The number of anilines is 1. The molecule has 1 saturated heterocycles. The molecule has 2 aromatic heterocycles. The van der Waals surface area contributed by atoms with Crippen molar-refractivity contribution in [1.82, 2.24) is 19.9 Å². The summed E-state index contributed by atoms with van der Waals surface area (Å²) in [5, 5.41) is 9.92. The highest BCUT2D eigenvalue weighted by Crippen LogP contribution is 2.28. The number of aromatic nitrogens is 2. The Morgan fingerprint density at radius 3 is 2.62 bits per heavy atom. The molecule has 34 heavy (non-hydrogen) atoms. The summed E-state index contributed by atoms with van der Waals surface area (Å²) in [4.78, 5) is 24.9. The lowest BCUT2D eigenvalue weighted by atomic mass is 10.1. The third kappa shape index (κ3) is 5.24. The zero-order valence-corrected chi connectivity index (χ0v) is 19.4. The van der Waals surface area contributed by atoms with Crippen LogP contribution in [0.3, 0.4) is 0 Å². The molecule has 1 aromatic carbocycles. The summed E-state index contributed by atoms with van der Waals surface area (Å²) in [7, 11) is 0. The van der Waals surface area contributed by atoms with Gasteiger partial charge in [0.25, 0.3) is 5.91 Å². The van der Waals surface area contributed by atoms with Crippen molar-refractivity contribution in [2.45, 2.75) is 13.5 Å². The Balaban J connectivity index is 1.45. The van der Waals surface area contributed by atoms with Gasteiger partial charge in [-0.1, -0.05) is 18.2 Å². The van der Waals surface area contributed by atoms with E-state index in [-0.39, 0.29) is 0 Å². The van der Waals surface area contributed by atoms with Crippen LogP contribution in [-0.2, 0) is 6.54 Å². The second-order valence-corrected chi connectivity index (χ2v) is 8.27. The van der Waals surface area contributed by atoms with E-state index in [1.165, 1.54) is 11.3 Å². The Morgan fingerprint density at radius 1 is 1.18 bits per heavy atom. The van der Waals surface area contributed by atoms with Gasteiger partial charge in [0, 0.05) is 74.5 Å². The predicted molar refractivity (Wildman–Crippen MR) is 136 cm³/mol. The summed E-state index contributed by atoms with van der Waals surface area (Å²) in [5.41, 5.74) is 6.51. The lowest BCUT2D eigenvalue weighted by molar-refractivity contribution is 0.0706. The molecule has 8 heteroatoms. The quantitative estimate of drug-likeness (QED) is 0.234. The van der Waals surface area contributed by atoms with Crippen LogP contribution in [0, 0.1) is 0 Å². The smallest absolute Gasteiger partial charge is 0.274 e. The van der Waals surface area contributed by atoms with Gasteiger partial charge in [-0.2, -0.15) is 0 Å². The van der Waals surface area contributed by atoms with Gasteiger partial charge < -0.3 is 9.47 Å². The molecule has 8 nitrogen and oxygen atoms in total. The highest BCUT2D eigenvalue weighted by atomic mass is 16.5. The number of pyridine rings is 1. The number of piperazine rings is 1. The third-order valence-corrected chi connectivity index (χ3v) is 6.19. The number of rotatable bonds is 8. The molecule has 3 heterocycles. The van der Waals surface area contributed by atoms with Gasteiger partial charge in [0.2, 0.25) is 0 Å². The van der Waals surface area contributed by atoms with Crippen molar-refractivity contribution in [3.63, 3.8) is 0 Å². The Hall–Kier alpha value is -3.75. The summed E-state index contributed by atoms with van der Waals surface area (Å²) in [6.45, 7) is 11.0. The molecular weight excluding hydrogens is 428 g/mol. The topological polar surface area (TPSA) is 86.0 Å². The number of fused-ring (bicyclic) bond motifs is 1. The maximum Gasteiger partial charge on any atom is 0.274 e. The van der Waals surface area contributed by atoms with Gasteiger partial charge in [-0.3, -0.25) is 19.9 Å². The number of hydroxylamine groups is 1. The van der Waals surface area contributed by atoms with Gasteiger partial charge in [-0.15, -0.1) is 0 Å². The summed E-state index contributed by atoms with van der Waals surface area (Å²) < 4.78 is 2.12. The molecule has 0 unspecified atom stereocenters. The van der Waals surface area contributed by atoms with Crippen LogP contribution in [0.2, 0.25) is 0 Å². The highest BCUT2D eigenvalue weighted by Gasteiger charge is 2.20. The number of nitrogens with zero attached hydrogens (tertiary/aromatic N) is 5. The van der Waals surface area contributed by atoms with Gasteiger partial charge >= 0.3 is 0 Å². The largest absolute Gasteiger partial charge is 0.368 e. The SMILES string of the molecule is C=N/C=C\C(=C/C)CN1CCN(c2ccnc3c2ccn3Cc2ccc(C(=O)NO)cc2)CC1. The molecule has 0 bridgehead atoms. The normalized spacial score (nSPS) is 15.2. The predicted octanol–water partition coefficient (Wildman–Crippen LogP) is 3.49. The number of nitrogens with one attached hydrogen (secondary N) is 1. The van der Waals surface area contributed by atoms with E-state index in [0.717, 1.165) is 49.3 Å². The van der Waals surface area contributed by atoms with Crippen LogP contribution in [0.25, 0.3) is 11.0 Å². The van der Waals surface area contributed by atoms with E-state index in [1.54, 1.807) is 23.8 Å². The standard InChI is InChI=1S/C26H30N6O2/c1-3-20(8-11-27-2)18-30-14-16-31(17-15-30)24-9-12-28-25-23(24)10-13-32(25)19-21-4-6-22(7-5-21)26(33)29-34/h3-13,34H,2,14-19H2,1H3,(H,29,33)/b11-8-,20-3+. The number of aliphatic imine (C=N–C) groups is 1. The minimum absolute atomic E-state index is 0.415. The van der Waals surface area contributed by atoms with Crippen LogP contribution in [0.1, 0.15) is 22.8 Å². The van der Waals surface area contributed by atoms with Gasteiger partial charge in [0.15, 0.2) is 0 Å². The van der Waals surface area contributed by atoms with Crippen LogP contribution in [-0.4, -0.2) is 65.0 Å². The first kappa shape index (κ1) is 23.4. The van der Waals surface area contributed by atoms with Crippen molar-refractivity contribution in [1.29, 1.82) is 0 Å². The van der Waals surface area contributed by atoms with E-state index in [4.69, 9.17) is 5.21 Å². The van der Waals surface area contributed by atoms with Crippen molar-refractivity contribution in [3.05, 3.63) is 83.8 Å². The minimum Gasteiger partial charge on any atom is -0.368 e. The zero-order chi connectivity index (χ0) is 23.9. The molecule has 0 spiro atoms. The second kappa shape index (κ2) is 10.9. The first-order valence-corrected chi connectivity index (χ1v) is 11.3. The molecule has 1 aliphatic rings. The fourth-order valence-electron chi connectivity index (χ4n) is 4.30. The molecule has 0 saturated carbocycles. The first-order chi connectivity index (χ1) is 16.6. The molecule has 3 aromatic rings. The van der Waals surface area contributed by atoms with Gasteiger partial charge in [-0.05, 0) is 55.1 Å². The van der Waals surface area contributed by atoms with E-state index in [1.807, 2.05) is 24.4 Å². The lowest BCUT2D eigenvalue weighted by Crippen LogP contribution is -2.46. The van der Waals surface area contributed by atoms with Crippen LogP contribution in [0.5, 0.6) is 0 Å². The first-order valence-electron chi connectivity index (χ1n) is 11.3. The molecule has 4 rings (SSSR count). The Morgan fingerprint density at radius 2 is 1.94 bits per heavy atom. The zero-order valence-electron chi connectivity index (χ0n) is 19.4. The average Bonchev–Trinajstić information content (AvgIpc) is 3.29. The lowest BCUT2D eigenvalue weighted by Gasteiger charge is -2.36. The molecular formula is C26H30N6O2. The molecule has 1 fully saturated rings. The van der Waals surface area contributed by atoms with Crippen molar-refractivity contribution in [3.8, 4) is 0 Å². The number of carbonyl (C=O) groups excluding carboxylic acids is 1. The molecule has 1 amide bonds. The fraction of sp³-hybridized carbons (Fsp3) is 0.269. The summed E-state index contributed by atoms with van der Waals surface area (Å²) >= 11 is 0. The Bertz CT molecular complexity index is 1200. The van der Waals surface area contributed by atoms with Crippen molar-refractivity contribution >= 4 is 29.3 Å². The number of amides is 1. The molecule has 0 aliphatic carbocycles.